The number of anilines is 1. The van der Waals surface area contributed by atoms with Crippen molar-refractivity contribution in [2.45, 2.75) is 9.79 Å². The fourth-order valence-electron chi connectivity index (χ4n) is 3.69. The van der Waals surface area contributed by atoms with Gasteiger partial charge in [0.15, 0.2) is 5.65 Å². The normalized spacial score (nSPS) is 11.8. The third kappa shape index (κ3) is 3.58. The molecular formula is C23H16Br2N4O3S. The minimum absolute atomic E-state index is 0.0253. The smallest absolute Gasteiger partial charge is 0.213 e. The van der Waals surface area contributed by atoms with E-state index in [4.69, 9.17) is 15.5 Å². The van der Waals surface area contributed by atoms with E-state index >= 15 is 0 Å². The van der Waals surface area contributed by atoms with E-state index in [1.54, 1.807) is 54.1 Å². The van der Waals surface area contributed by atoms with E-state index < -0.39 is 9.84 Å². The quantitative estimate of drug-likeness (QED) is 0.297. The second-order valence-electron chi connectivity index (χ2n) is 7.21. The standard InChI is InChI=1S/C23H16Br2N4O3S/c1-32-15-9-7-14(8-10-15)29-22(26)21(33(30,31)19-12-13(24)6-11-16(19)25)20-23(29)28-18-5-3-2-4-17(18)27-20/h2-12H,26H2,1H3. The summed E-state index contributed by atoms with van der Waals surface area (Å²) < 4.78 is 35.7. The van der Waals surface area contributed by atoms with Crippen molar-refractivity contribution in [1.29, 1.82) is 0 Å². The molecule has 0 atom stereocenters. The van der Waals surface area contributed by atoms with Crippen molar-refractivity contribution in [3.05, 3.63) is 75.7 Å². The van der Waals surface area contributed by atoms with Gasteiger partial charge < -0.3 is 10.5 Å². The monoisotopic (exact) mass is 586 g/mol. The summed E-state index contributed by atoms with van der Waals surface area (Å²) >= 11 is 6.72. The lowest BCUT2D eigenvalue weighted by Gasteiger charge is -2.10. The van der Waals surface area contributed by atoms with Crippen LogP contribution in [-0.4, -0.2) is 30.1 Å². The second-order valence-corrected chi connectivity index (χ2v) is 10.8. The summed E-state index contributed by atoms with van der Waals surface area (Å²) in [6, 6.07) is 19.3. The second kappa shape index (κ2) is 8.12. The molecular weight excluding hydrogens is 572 g/mol. The maximum Gasteiger partial charge on any atom is 0.213 e. The van der Waals surface area contributed by atoms with Gasteiger partial charge in [0.25, 0.3) is 0 Å². The summed E-state index contributed by atoms with van der Waals surface area (Å²) in [5.41, 5.74) is 8.93. The van der Waals surface area contributed by atoms with Gasteiger partial charge in [-0.1, -0.05) is 28.1 Å². The van der Waals surface area contributed by atoms with Crippen LogP contribution in [0.25, 0.3) is 27.9 Å². The Kier molecular flexibility index (Phi) is 5.38. The lowest BCUT2D eigenvalue weighted by Crippen LogP contribution is -2.08. The van der Waals surface area contributed by atoms with Gasteiger partial charge in [0, 0.05) is 14.6 Å². The molecule has 2 heterocycles. The fourth-order valence-corrected chi connectivity index (χ4v) is 6.67. The van der Waals surface area contributed by atoms with Gasteiger partial charge in [-0.3, -0.25) is 4.57 Å². The third-order valence-electron chi connectivity index (χ3n) is 5.23. The summed E-state index contributed by atoms with van der Waals surface area (Å²) in [6.45, 7) is 0. The van der Waals surface area contributed by atoms with Gasteiger partial charge in [-0.25, -0.2) is 18.4 Å². The average Bonchev–Trinajstić information content (AvgIpc) is 3.10. The molecule has 2 N–H and O–H groups in total. The molecule has 2 aromatic heterocycles. The molecule has 7 nitrogen and oxygen atoms in total. The zero-order valence-corrected chi connectivity index (χ0v) is 21.1. The van der Waals surface area contributed by atoms with Crippen LogP contribution in [0.1, 0.15) is 0 Å². The summed E-state index contributed by atoms with van der Waals surface area (Å²) in [5, 5.41) is 0. The van der Waals surface area contributed by atoms with Crippen molar-refractivity contribution in [3.63, 3.8) is 0 Å². The number of rotatable bonds is 4. The molecule has 0 fully saturated rings. The lowest BCUT2D eigenvalue weighted by molar-refractivity contribution is 0.415. The number of ether oxygens (including phenoxy) is 1. The summed E-state index contributed by atoms with van der Waals surface area (Å²) in [7, 11) is -2.49. The van der Waals surface area contributed by atoms with E-state index in [2.05, 4.69) is 36.8 Å². The lowest BCUT2D eigenvalue weighted by atomic mass is 10.3. The predicted molar refractivity (Wildman–Crippen MR) is 135 cm³/mol. The molecule has 166 valence electrons. The van der Waals surface area contributed by atoms with Gasteiger partial charge in [0.05, 0.1) is 23.0 Å². The molecule has 0 saturated carbocycles. The maximum absolute atomic E-state index is 13.9. The number of methoxy groups -OCH3 is 1. The number of hydrogen-bond donors (Lipinski definition) is 1. The number of fused-ring (bicyclic) bond motifs is 2. The Hall–Kier alpha value is -2.95. The van der Waals surface area contributed by atoms with Gasteiger partial charge in [-0.2, -0.15) is 0 Å². The van der Waals surface area contributed by atoms with Gasteiger partial charge in [-0.15, -0.1) is 0 Å². The molecule has 5 aromatic rings. The number of benzene rings is 3. The first-order chi connectivity index (χ1) is 15.8. The Bertz CT molecular complexity index is 1650. The molecule has 3 aromatic carbocycles. The van der Waals surface area contributed by atoms with Crippen LogP contribution < -0.4 is 10.5 Å². The summed E-state index contributed by atoms with van der Waals surface area (Å²) in [5.74, 6) is 0.688. The van der Waals surface area contributed by atoms with Crippen LogP contribution in [0.5, 0.6) is 5.75 Å². The molecule has 0 aliphatic carbocycles. The zero-order chi connectivity index (χ0) is 23.3. The first kappa shape index (κ1) is 21.9. The van der Waals surface area contributed by atoms with Crippen molar-refractivity contribution in [2.24, 2.45) is 0 Å². The molecule has 0 aliphatic rings. The summed E-state index contributed by atoms with van der Waals surface area (Å²) in [6.07, 6.45) is 0. The Morgan fingerprint density at radius 1 is 0.939 bits per heavy atom. The minimum atomic E-state index is -4.07. The largest absolute Gasteiger partial charge is 0.497 e. The number of para-hydroxylation sites is 2. The number of nitrogen functional groups attached to an aromatic ring is 1. The minimum Gasteiger partial charge on any atom is -0.497 e. The van der Waals surface area contributed by atoms with Crippen LogP contribution in [0.4, 0.5) is 5.82 Å². The summed E-state index contributed by atoms with van der Waals surface area (Å²) in [4.78, 5) is 9.38. The third-order valence-corrected chi connectivity index (χ3v) is 8.54. The van der Waals surface area contributed by atoms with Crippen molar-refractivity contribution in [3.8, 4) is 11.4 Å². The fraction of sp³-hybridized carbons (Fsp3) is 0.0435. The van der Waals surface area contributed by atoms with Crippen molar-refractivity contribution in [2.75, 3.05) is 12.8 Å². The first-order valence-corrected chi connectivity index (χ1v) is 12.8. The Morgan fingerprint density at radius 3 is 2.27 bits per heavy atom. The van der Waals surface area contributed by atoms with E-state index in [-0.39, 0.29) is 21.1 Å². The molecule has 0 amide bonds. The van der Waals surface area contributed by atoms with E-state index in [0.717, 1.165) is 0 Å². The predicted octanol–water partition coefficient (Wildman–Crippen LogP) is 5.52. The Labute approximate surface area is 206 Å². The van der Waals surface area contributed by atoms with Crippen LogP contribution in [-0.2, 0) is 9.84 Å². The van der Waals surface area contributed by atoms with Gasteiger partial charge >= 0.3 is 0 Å². The molecule has 0 saturated heterocycles. The number of nitrogens with two attached hydrogens (primary N) is 1. The highest BCUT2D eigenvalue weighted by atomic mass is 79.9. The molecule has 5 rings (SSSR count). The van der Waals surface area contributed by atoms with E-state index in [0.29, 0.717) is 37.1 Å². The van der Waals surface area contributed by atoms with Gasteiger partial charge in [0.2, 0.25) is 9.84 Å². The number of halogens is 2. The highest BCUT2D eigenvalue weighted by molar-refractivity contribution is 9.11. The molecule has 10 heteroatoms. The molecule has 0 aliphatic heterocycles. The van der Waals surface area contributed by atoms with Crippen LogP contribution >= 0.6 is 31.9 Å². The molecule has 0 radical (unpaired) electrons. The maximum atomic E-state index is 13.9. The van der Waals surface area contributed by atoms with Gasteiger partial charge in [-0.05, 0) is 70.5 Å². The molecule has 0 spiro atoms. The van der Waals surface area contributed by atoms with E-state index in [9.17, 15) is 8.42 Å². The molecule has 0 bridgehead atoms. The van der Waals surface area contributed by atoms with Crippen molar-refractivity contribution < 1.29 is 13.2 Å². The van der Waals surface area contributed by atoms with Crippen LogP contribution in [0.3, 0.4) is 0 Å². The number of sulfone groups is 1. The van der Waals surface area contributed by atoms with E-state index in [1.807, 2.05) is 18.2 Å². The van der Waals surface area contributed by atoms with Crippen molar-refractivity contribution >= 4 is 69.7 Å². The van der Waals surface area contributed by atoms with Crippen LogP contribution in [0, 0.1) is 0 Å². The van der Waals surface area contributed by atoms with Gasteiger partial charge in [0.1, 0.15) is 22.0 Å². The number of hydrogen-bond acceptors (Lipinski definition) is 6. The van der Waals surface area contributed by atoms with Crippen LogP contribution in [0.15, 0.2) is 85.5 Å². The number of aromatic nitrogens is 3. The van der Waals surface area contributed by atoms with Crippen molar-refractivity contribution in [1.82, 2.24) is 14.5 Å². The SMILES string of the molecule is COc1ccc(-n2c(N)c(S(=O)(=O)c3cc(Br)ccc3Br)c3nc4ccccc4nc32)cc1. The molecule has 0 unspecified atom stereocenters. The first-order valence-electron chi connectivity index (χ1n) is 9.72. The Morgan fingerprint density at radius 2 is 1.61 bits per heavy atom. The van der Waals surface area contributed by atoms with E-state index in [1.165, 1.54) is 6.07 Å². The topological polar surface area (TPSA) is 100 Å². The zero-order valence-electron chi connectivity index (χ0n) is 17.2. The highest BCUT2D eigenvalue weighted by Gasteiger charge is 2.32. The highest BCUT2D eigenvalue weighted by Crippen LogP contribution is 2.39. The molecule has 33 heavy (non-hydrogen) atoms. The number of nitrogens with zero attached hydrogens (tertiary/aromatic N) is 3. The van der Waals surface area contributed by atoms with Crippen LogP contribution in [0.2, 0.25) is 0 Å². The average molecular weight is 588 g/mol. The Balaban J connectivity index is 1.90.